The maximum atomic E-state index is 11.9. The van der Waals surface area contributed by atoms with Crippen molar-refractivity contribution in [1.29, 1.82) is 0 Å². The van der Waals surface area contributed by atoms with Crippen molar-refractivity contribution in [1.82, 2.24) is 5.43 Å². The molecule has 1 heterocycles. The van der Waals surface area contributed by atoms with Gasteiger partial charge in [-0.2, -0.15) is 5.10 Å². The molecule has 1 atom stereocenters. The van der Waals surface area contributed by atoms with Crippen molar-refractivity contribution in [2.45, 2.75) is 58.5 Å². The molecule has 0 radical (unpaired) electrons. The van der Waals surface area contributed by atoms with Gasteiger partial charge in [-0.25, -0.2) is 10.2 Å². The Hall–Kier alpha value is -2.82. The average molecular weight is 379 g/mol. The number of carbonyl (C=O) groups is 1. The summed E-state index contributed by atoms with van der Waals surface area (Å²) in [5.41, 5.74) is 7.00. The van der Waals surface area contributed by atoms with E-state index in [0.29, 0.717) is 12.0 Å². The van der Waals surface area contributed by atoms with Crippen molar-refractivity contribution in [2.75, 3.05) is 10.2 Å². The van der Waals surface area contributed by atoms with E-state index in [9.17, 15) is 4.79 Å². The third-order valence-electron chi connectivity index (χ3n) is 5.23. The number of rotatable bonds is 4. The van der Waals surface area contributed by atoms with Crippen molar-refractivity contribution in [3.8, 4) is 0 Å². The second-order valence-electron chi connectivity index (χ2n) is 8.39. The number of urea groups is 1. The Morgan fingerprint density at radius 3 is 2.61 bits per heavy atom. The zero-order chi connectivity index (χ0) is 20.3. The topological polar surface area (TPSA) is 56.7 Å². The van der Waals surface area contributed by atoms with Gasteiger partial charge in [-0.05, 0) is 75.4 Å². The standard InChI is InChI=1S/C23H30N4O/c1-16(2)27-21-12-11-18(13-20(21)17(3)14-23(27,4)5)15-24-26-22(28)25-19-9-7-6-8-10-19/h6-13,15-17H,14H2,1-5H3,(H2,25,26,28)/b24-15-. The molecule has 1 aliphatic rings. The van der Waals surface area contributed by atoms with Gasteiger partial charge in [0.25, 0.3) is 0 Å². The molecular formula is C23H30N4O. The van der Waals surface area contributed by atoms with Crippen LogP contribution >= 0.6 is 0 Å². The van der Waals surface area contributed by atoms with E-state index in [1.54, 1.807) is 6.21 Å². The Balaban J connectivity index is 1.72. The van der Waals surface area contributed by atoms with Crippen molar-refractivity contribution in [2.24, 2.45) is 5.10 Å². The highest BCUT2D eigenvalue weighted by Gasteiger charge is 2.37. The second-order valence-corrected chi connectivity index (χ2v) is 8.39. The summed E-state index contributed by atoms with van der Waals surface area (Å²) in [5.74, 6) is 0.475. The summed E-state index contributed by atoms with van der Waals surface area (Å²) >= 11 is 0. The molecule has 148 valence electrons. The first-order valence-electron chi connectivity index (χ1n) is 9.86. The zero-order valence-corrected chi connectivity index (χ0v) is 17.4. The first kappa shape index (κ1) is 19.9. The molecule has 3 rings (SSSR count). The third-order valence-corrected chi connectivity index (χ3v) is 5.23. The highest BCUT2D eigenvalue weighted by molar-refractivity contribution is 5.90. The molecule has 5 nitrogen and oxygen atoms in total. The largest absolute Gasteiger partial charge is 0.364 e. The molecule has 5 heteroatoms. The molecule has 0 saturated carbocycles. The van der Waals surface area contributed by atoms with E-state index in [1.165, 1.54) is 11.3 Å². The van der Waals surface area contributed by atoms with Gasteiger partial charge in [0, 0.05) is 23.0 Å². The van der Waals surface area contributed by atoms with Gasteiger partial charge in [0.2, 0.25) is 0 Å². The molecule has 0 aromatic heterocycles. The van der Waals surface area contributed by atoms with Gasteiger partial charge >= 0.3 is 6.03 Å². The lowest BCUT2D eigenvalue weighted by Gasteiger charge is -2.50. The minimum Gasteiger partial charge on any atom is -0.364 e. The molecule has 2 aromatic rings. The van der Waals surface area contributed by atoms with E-state index in [2.05, 4.69) is 73.6 Å². The first-order chi connectivity index (χ1) is 13.3. The van der Waals surface area contributed by atoms with Gasteiger partial charge in [0.1, 0.15) is 0 Å². The normalized spacial score (nSPS) is 18.2. The van der Waals surface area contributed by atoms with Crippen LogP contribution in [-0.2, 0) is 0 Å². The maximum absolute atomic E-state index is 11.9. The van der Waals surface area contributed by atoms with Crippen LogP contribution in [0.4, 0.5) is 16.2 Å². The fourth-order valence-corrected chi connectivity index (χ4v) is 4.37. The lowest BCUT2D eigenvalue weighted by Crippen LogP contribution is -2.51. The van der Waals surface area contributed by atoms with Crippen LogP contribution in [0, 0.1) is 0 Å². The number of anilines is 2. The van der Waals surface area contributed by atoms with Gasteiger partial charge in [0.05, 0.1) is 6.21 Å². The van der Waals surface area contributed by atoms with Gasteiger partial charge in [0.15, 0.2) is 0 Å². The van der Waals surface area contributed by atoms with E-state index in [-0.39, 0.29) is 11.6 Å². The number of hydrogen-bond acceptors (Lipinski definition) is 3. The number of fused-ring (bicyclic) bond motifs is 1. The van der Waals surface area contributed by atoms with E-state index in [0.717, 1.165) is 17.7 Å². The highest BCUT2D eigenvalue weighted by atomic mass is 16.2. The number of para-hydroxylation sites is 1. The fourth-order valence-electron chi connectivity index (χ4n) is 4.37. The highest BCUT2D eigenvalue weighted by Crippen LogP contribution is 2.44. The van der Waals surface area contributed by atoms with Crippen LogP contribution in [-0.4, -0.2) is 23.8 Å². The molecule has 2 aromatic carbocycles. The molecule has 0 fully saturated rings. The van der Waals surface area contributed by atoms with Gasteiger partial charge in [-0.15, -0.1) is 0 Å². The van der Waals surface area contributed by atoms with E-state index in [1.807, 2.05) is 30.3 Å². The summed E-state index contributed by atoms with van der Waals surface area (Å²) in [7, 11) is 0. The molecule has 0 saturated heterocycles. The molecule has 0 bridgehead atoms. The molecule has 0 aliphatic carbocycles. The molecule has 28 heavy (non-hydrogen) atoms. The SMILES string of the molecule is CC1CC(C)(C)N(C(C)C)c2ccc(/C=N\NC(=O)Nc3ccccc3)cc21. The van der Waals surface area contributed by atoms with Crippen LogP contribution in [0.1, 0.15) is 58.1 Å². The van der Waals surface area contributed by atoms with Crippen LogP contribution in [0.2, 0.25) is 0 Å². The van der Waals surface area contributed by atoms with Gasteiger partial charge in [-0.1, -0.05) is 31.2 Å². The van der Waals surface area contributed by atoms with Crippen LogP contribution in [0.25, 0.3) is 0 Å². The predicted molar refractivity (Wildman–Crippen MR) is 117 cm³/mol. The monoisotopic (exact) mass is 378 g/mol. The summed E-state index contributed by atoms with van der Waals surface area (Å²) in [5, 5.41) is 6.84. The second kappa shape index (κ2) is 8.05. The van der Waals surface area contributed by atoms with E-state index >= 15 is 0 Å². The first-order valence-corrected chi connectivity index (χ1v) is 9.86. The number of nitrogens with zero attached hydrogens (tertiary/aromatic N) is 2. The van der Waals surface area contributed by atoms with Crippen LogP contribution in [0.15, 0.2) is 53.6 Å². The lowest BCUT2D eigenvalue weighted by atomic mass is 9.79. The van der Waals surface area contributed by atoms with E-state index < -0.39 is 0 Å². The molecule has 0 spiro atoms. The Bertz CT molecular complexity index is 858. The lowest BCUT2D eigenvalue weighted by molar-refractivity contribution is 0.252. The van der Waals surface area contributed by atoms with E-state index in [4.69, 9.17) is 0 Å². The minimum absolute atomic E-state index is 0.132. The van der Waals surface area contributed by atoms with Crippen LogP contribution in [0.5, 0.6) is 0 Å². The zero-order valence-electron chi connectivity index (χ0n) is 17.4. The number of benzene rings is 2. The minimum atomic E-state index is -0.360. The number of nitrogens with one attached hydrogen (secondary N) is 2. The number of carbonyl (C=O) groups excluding carboxylic acids is 1. The Kier molecular flexibility index (Phi) is 5.73. The van der Waals surface area contributed by atoms with Gasteiger partial charge < -0.3 is 10.2 Å². The number of hydrogen-bond donors (Lipinski definition) is 2. The number of amides is 2. The average Bonchev–Trinajstić information content (AvgIpc) is 2.62. The predicted octanol–water partition coefficient (Wildman–Crippen LogP) is 5.34. The summed E-state index contributed by atoms with van der Waals surface area (Å²) in [6.07, 6.45) is 2.80. The fraction of sp³-hybridized carbons (Fsp3) is 0.391. The summed E-state index contributed by atoms with van der Waals surface area (Å²) in [6, 6.07) is 15.8. The quantitative estimate of drug-likeness (QED) is 0.557. The number of hydrazone groups is 1. The molecular weight excluding hydrogens is 348 g/mol. The Labute approximate surface area is 167 Å². The van der Waals surface area contributed by atoms with Crippen molar-refractivity contribution >= 4 is 23.6 Å². The third kappa shape index (κ3) is 4.35. The van der Waals surface area contributed by atoms with Gasteiger partial charge in [-0.3, -0.25) is 0 Å². The Morgan fingerprint density at radius 2 is 1.93 bits per heavy atom. The van der Waals surface area contributed by atoms with Crippen LogP contribution in [0.3, 0.4) is 0 Å². The smallest absolute Gasteiger partial charge is 0.339 e. The summed E-state index contributed by atoms with van der Waals surface area (Å²) in [6.45, 7) is 11.4. The van der Waals surface area contributed by atoms with Crippen LogP contribution < -0.4 is 15.6 Å². The maximum Gasteiger partial charge on any atom is 0.339 e. The molecule has 1 aliphatic heterocycles. The van der Waals surface area contributed by atoms with Crippen molar-refractivity contribution in [3.63, 3.8) is 0 Å². The summed E-state index contributed by atoms with van der Waals surface area (Å²) in [4.78, 5) is 14.4. The molecule has 1 unspecified atom stereocenters. The molecule has 2 amide bonds. The molecule has 2 N–H and O–H groups in total. The van der Waals surface area contributed by atoms with Crippen molar-refractivity contribution in [3.05, 3.63) is 59.7 Å². The summed E-state index contributed by atoms with van der Waals surface area (Å²) < 4.78 is 0. The van der Waals surface area contributed by atoms with Crippen molar-refractivity contribution < 1.29 is 4.79 Å². The Morgan fingerprint density at radius 1 is 1.21 bits per heavy atom.